The molecule has 1 atom stereocenters. The molecule has 8 heteroatoms. The number of halogens is 3. The molecule has 0 radical (unpaired) electrons. The van der Waals surface area contributed by atoms with Crippen LogP contribution in [0.5, 0.6) is 0 Å². The van der Waals surface area contributed by atoms with Crippen LogP contribution in [-0.4, -0.2) is 29.6 Å². The minimum absolute atomic E-state index is 0.139. The summed E-state index contributed by atoms with van der Waals surface area (Å²) in [5.74, 6) is 0.962. The molecule has 3 aliphatic rings. The summed E-state index contributed by atoms with van der Waals surface area (Å²) >= 11 is 1.55. The zero-order valence-electron chi connectivity index (χ0n) is 12.9. The normalized spacial score (nSPS) is 24.3. The fraction of sp³-hybridized carbons (Fsp3) is 0.294. The van der Waals surface area contributed by atoms with Crippen molar-refractivity contribution in [3.8, 4) is 6.07 Å². The van der Waals surface area contributed by atoms with E-state index >= 15 is 0 Å². The third-order valence-electron chi connectivity index (χ3n) is 4.38. The number of hydrogen-bond acceptors (Lipinski definition) is 5. The third-order valence-corrected chi connectivity index (χ3v) is 5.55. The van der Waals surface area contributed by atoms with Crippen LogP contribution >= 0.6 is 11.8 Å². The number of ether oxygens (including phenoxy) is 1. The second-order valence-corrected chi connectivity index (χ2v) is 6.92. The van der Waals surface area contributed by atoms with Crippen molar-refractivity contribution >= 4 is 17.6 Å². The summed E-state index contributed by atoms with van der Waals surface area (Å²) < 4.78 is 44.2. The summed E-state index contributed by atoms with van der Waals surface area (Å²) in [4.78, 5) is 6.30. The van der Waals surface area contributed by atoms with Crippen LogP contribution in [0.1, 0.15) is 11.1 Å². The van der Waals surface area contributed by atoms with Crippen molar-refractivity contribution in [3.05, 3.63) is 58.8 Å². The van der Waals surface area contributed by atoms with Gasteiger partial charge in [-0.1, -0.05) is 12.1 Å². The number of nitriles is 1. The first-order valence-corrected chi connectivity index (χ1v) is 8.69. The highest BCUT2D eigenvalue weighted by Gasteiger charge is 2.46. The van der Waals surface area contributed by atoms with Gasteiger partial charge in [0.15, 0.2) is 11.6 Å². The molecule has 4 nitrogen and oxygen atoms in total. The lowest BCUT2D eigenvalue weighted by Crippen LogP contribution is -2.37. The predicted molar refractivity (Wildman–Crippen MR) is 87.2 cm³/mol. The molecule has 3 aliphatic heterocycles. The van der Waals surface area contributed by atoms with Crippen LogP contribution in [0.2, 0.25) is 0 Å². The lowest BCUT2D eigenvalue weighted by atomic mass is 9.88. The average molecular weight is 363 g/mol. The Labute approximate surface area is 146 Å². The number of benzene rings is 1. The van der Waals surface area contributed by atoms with Crippen LogP contribution in [0, 0.1) is 17.1 Å². The molecule has 25 heavy (non-hydrogen) atoms. The molecule has 1 spiro atoms. The van der Waals surface area contributed by atoms with Crippen molar-refractivity contribution in [2.24, 2.45) is 4.99 Å². The molecule has 0 aromatic heterocycles. The highest BCUT2D eigenvalue weighted by Crippen LogP contribution is 2.45. The molecule has 0 bridgehead atoms. The second kappa shape index (κ2) is 5.85. The molecule has 3 heterocycles. The molecule has 0 fully saturated rings. The highest BCUT2D eigenvalue weighted by molar-refractivity contribution is 7.98. The van der Waals surface area contributed by atoms with E-state index in [0.717, 1.165) is 5.56 Å². The second-order valence-electron chi connectivity index (χ2n) is 5.94. The number of thioether (sulfide) groups is 1. The lowest BCUT2D eigenvalue weighted by molar-refractivity contribution is -0.0906. The van der Waals surface area contributed by atoms with Crippen LogP contribution in [0.15, 0.2) is 46.8 Å². The van der Waals surface area contributed by atoms with Crippen LogP contribution in [-0.2, 0) is 16.0 Å². The van der Waals surface area contributed by atoms with Crippen molar-refractivity contribution in [3.63, 3.8) is 0 Å². The maximum atomic E-state index is 14.2. The molecule has 0 aliphatic carbocycles. The maximum absolute atomic E-state index is 14.2. The number of hydrogen-bond donors (Lipinski definition) is 0. The van der Waals surface area contributed by atoms with Gasteiger partial charge in [0.05, 0.1) is 12.1 Å². The van der Waals surface area contributed by atoms with E-state index in [0.29, 0.717) is 23.6 Å². The Kier molecular flexibility index (Phi) is 3.76. The van der Waals surface area contributed by atoms with Gasteiger partial charge in [-0.25, -0.2) is 4.39 Å². The summed E-state index contributed by atoms with van der Waals surface area (Å²) in [5.41, 5.74) is 0.806. The van der Waals surface area contributed by atoms with E-state index in [-0.39, 0.29) is 23.0 Å². The monoisotopic (exact) mass is 363 g/mol. The summed E-state index contributed by atoms with van der Waals surface area (Å²) in [6, 6.07) is 6.80. The van der Waals surface area contributed by atoms with Gasteiger partial charge in [-0.05, 0) is 11.6 Å². The van der Waals surface area contributed by atoms with E-state index in [1.807, 2.05) is 12.1 Å². The summed E-state index contributed by atoms with van der Waals surface area (Å²) in [6.45, 7) is -2.67. The Morgan fingerprint density at radius 3 is 3.00 bits per heavy atom. The Balaban J connectivity index is 1.82. The van der Waals surface area contributed by atoms with Crippen LogP contribution < -0.4 is 0 Å². The predicted octanol–water partition coefficient (Wildman–Crippen LogP) is 3.53. The van der Waals surface area contributed by atoms with Gasteiger partial charge in [0.25, 0.3) is 0 Å². The van der Waals surface area contributed by atoms with E-state index < -0.39 is 12.2 Å². The standard InChI is InChI=1S/C17H12F3N3OS/c18-13-3-1-2-12-11(13)7-25-9-17(12)8-23-6-10(5-21)4-14(15(23)22-17)24-16(19)20/h1-4,6,16H,7-9H2/t17-/m0/s1. The zero-order chi connectivity index (χ0) is 17.6. The Bertz CT molecular complexity index is 874. The minimum Gasteiger partial charge on any atom is -0.431 e. The number of amidine groups is 1. The van der Waals surface area contributed by atoms with Crippen LogP contribution in [0.3, 0.4) is 0 Å². The van der Waals surface area contributed by atoms with E-state index in [1.54, 1.807) is 28.9 Å². The van der Waals surface area contributed by atoms with Gasteiger partial charge < -0.3 is 9.64 Å². The molecule has 0 N–H and O–H groups in total. The number of allylic oxidation sites excluding steroid dienone is 2. The molecular weight excluding hydrogens is 351 g/mol. The van der Waals surface area contributed by atoms with Crippen molar-refractivity contribution in [2.75, 3.05) is 12.3 Å². The first-order chi connectivity index (χ1) is 12.0. The molecule has 4 rings (SSSR count). The summed E-state index contributed by atoms with van der Waals surface area (Å²) in [7, 11) is 0. The third kappa shape index (κ3) is 2.59. The lowest BCUT2D eigenvalue weighted by Gasteiger charge is -2.33. The summed E-state index contributed by atoms with van der Waals surface area (Å²) in [6.07, 6.45) is 2.81. The van der Waals surface area contributed by atoms with E-state index in [9.17, 15) is 13.2 Å². The Morgan fingerprint density at radius 2 is 2.24 bits per heavy atom. The number of fused-ring (bicyclic) bond motifs is 3. The zero-order valence-corrected chi connectivity index (χ0v) is 13.7. The number of rotatable bonds is 2. The molecule has 0 unspecified atom stereocenters. The van der Waals surface area contributed by atoms with Gasteiger partial charge >= 0.3 is 6.61 Å². The molecule has 0 saturated heterocycles. The van der Waals surface area contributed by atoms with E-state index in [1.165, 1.54) is 12.1 Å². The van der Waals surface area contributed by atoms with E-state index in [4.69, 9.17) is 5.26 Å². The fourth-order valence-corrected chi connectivity index (χ4v) is 4.63. The van der Waals surface area contributed by atoms with E-state index in [2.05, 4.69) is 9.73 Å². The van der Waals surface area contributed by atoms with Gasteiger partial charge in [-0.15, -0.1) is 0 Å². The van der Waals surface area contributed by atoms with Gasteiger partial charge in [0.2, 0.25) is 0 Å². The minimum atomic E-state index is -3.02. The van der Waals surface area contributed by atoms with Crippen molar-refractivity contribution in [1.82, 2.24) is 4.90 Å². The number of alkyl halides is 2. The number of nitrogens with zero attached hydrogens (tertiary/aromatic N) is 3. The van der Waals surface area contributed by atoms with Gasteiger partial charge in [0.1, 0.15) is 17.4 Å². The quantitative estimate of drug-likeness (QED) is 0.807. The molecule has 0 saturated carbocycles. The van der Waals surface area contributed by atoms with Crippen molar-refractivity contribution in [2.45, 2.75) is 17.9 Å². The van der Waals surface area contributed by atoms with Gasteiger partial charge in [-0.3, -0.25) is 4.99 Å². The Hall–Kier alpha value is -2.40. The topological polar surface area (TPSA) is 48.6 Å². The first-order valence-electron chi connectivity index (χ1n) is 7.53. The van der Waals surface area contributed by atoms with Crippen LogP contribution in [0.25, 0.3) is 0 Å². The molecule has 1 aromatic carbocycles. The first kappa shape index (κ1) is 16.1. The molecule has 1 aromatic rings. The van der Waals surface area contributed by atoms with Crippen LogP contribution in [0.4, 0.5) is 13.2 Å². The van der Waals surface area contributed by atoms with Gasteiger partial charge in [0, 0.05) is 29.3 Å². The molecule has 128 valence electrons. The van der Waals surface area contributed by atoms with Crippen molar-refractivity contribution < 1.29 is 17.9 Å². The highest BCUT2D eigenvalue weighted by atomic mass is 32.2. The average Bonchev–Trinajstić information content (AvgIpc) is 2.94. The maximum Gasteiger partial charge on any atom is 0.387 e. The summed E-state index contributed by atoms with van der Waals surface area (Å²) in [5, 5.41) is 9.13. The fourth-order valence-electron chi connectivity index (χ4n) is 3.38. The smallest absolute Gasteiger partial charge is 0.387 e. The molecular formula is C17H12F3N3OS. The van der Waals surface area contributed by atoms with Gasteiger partial charge in [-0.2, -0.15) is 25.8 Å². The van der Waals surface area contributed by atoms with Crippen molar-refractivity contribution in [1.29, 1.82) is 5.26 Å². The SMILES string of the molecule is N#CC1=CN2C[C@@]3(CSCc4c(F)cccc43)N=C2C(OC(F)F)=C1. The molecule has 0 amide bonds. The number of aliphatic imine (C=N–C) groups is 1. The largest absolute Gasteiger partial charge is 0.431 e. The Morgan fingerprint density at radius 1 is 1.40 bits per heavy atom.